The first-order chi connectivity index (χ1) is 11.5. The molecule has 24 heavy (non-hydrogen) atoms. The van der Waals surface area contributed by atoms with Crippen LogP contribution < -0.4 is 10.6 Å². The maximum Gasteiger partial charge on any atom is 0.249 e. The molecule has 0 unspecified atom stereocenters. The largest absolute Gasteiger partial charge is 0.339 e. The summed E-state index contributed by atoms with van der Waals surface area (Å²) in [5.74, 6) is 0.871. The van der Waals surface area contributed by atoms with Gasteiger partial charge in [-0.25, -0.2) is 0 Å². The minimum absolute atomic E-state index is 0.360. The quantitative estimate of drug-likeness (QED) is 0.614. The van der Waals surface area contributed by atoms with Gasteiger partial charge >= 0.3 is 0 Å². The molecule has 0 radical (unpaired) electrons. The van der Waals surface area contributed by atoms with Crippen molar-refractivity contribution in [3.05, 3.63) is 63.2 Å². The van der Waals surface area contributed by atoms with Crippen LogP contribution in [0.25, 0.3) is 0 Å². The van der Waals surface area contributed by atoms with E-state index in [1.54, 1.807) is 24.3 Å². The molecule has 0 aliphatic rings. The van der Waals surface area contributed by atoms with Gasteiger partial charge in [-0.15, -0.1) is 5.10 Å². The Kier molecular flexibility index (Phi) is 5.04. The van der Waals surface area contributed by atoms with E-state index in [2.05, 4.69) is 25.8 Å². The molecule has 1 heterocycles. The van der Waals surface area contributed by atoms with Crippen LogP contribution in [-0.4, -0.2) is 15.2 Å². The second-order valence-corrected chi connectivity index (χ2v) is 6.34. The van der Waals surface area contributed by atoms with Crippen molar-refractivity contribution in [2.24, 2.45) is 0 Å². The van der Waals surface area contributed by atoms with Crippen molar-refractivity contribution in [1.82, 2.24) is 15.2 Å². The topological polar surface area (TPSA) is 62.7 Å². The number of rotatable bonds is 4. The molecule has 3 rings (SSSR count). The van der Waals surface area contributed by atoms with E-state index in [4.69, 9.17) is 34.8 Å². The first-order valence-electron chi connectivity index (χ1n) is 6.95. The zero-order chi connectivity index (χ0) is 17.1. The maximum absolute atomic E-state index is 5.99. The highest BCUT2D eigenvalue weighted by atomic mass is 35.5. The fourth-order valence-electron chi connectivity index (χ4n) is 2.08. The Balaban J connectivity index is 1.81. The third kappa shape index (κ3) is 4.26. The van der Waals surface area contributed by atoms with Crippen molar-refractivity contribution in [2.45, 2.75) is 6.92 Å². The summed E-state index contributed by atoms with van der Waals surface area (Å²) >= 11 is 17.9. The number of benzene rings is 2. The monoisotopic (exact) mass is 379 g/mol. The molecule has 0 saturated heterocycles. The van der Waals surface area contributed by atoms with Crippen LogP contribution in [0.5, 0.6) is 0 Å². The van der Waals surface area contributed by atoms with E-state index in [-0.39, 0.29) is 0 Å². The van der Waals surface area contributed by atoms with Crippen LogP contribution in [0, 0.1) is 6.92 Å². The number of aromatic nitrogens is 3. The molecule has 122 valence electrons. The van der Waals surface area contributed by atoms with Gasteiger partial charge in [0.1, 0.15) is 0 Å². The summed E-state index contributed by atoms with van der Waals surface area (Å²) in [6, 6.07) is 10.6. The van der Waals surface area contributed by atoms with Crippen molar-refractivity contribution in [2.75, 3.05) is 10.6 Å². The Hall–Kier alpha value is -2.08. The Labute approximate surface area is 154 Å². The van der Waals surface area contributed by atoms with Crippen molar-refractivity contribution in [3.63, 3.8) is 0 Å². The highest BCUT2D eigenvalue weighted by molar-refractivity contribution is 6.35. The number of anilines is 4. The molecular formula is C16H12Cl3N5. The molecule has 8 heteroatoms. The van der Waals surface area contributed by atoms with E-state index >= 15 is 0 Å². The molecule has 0 aliphatic heterocycles. The standard InChI is InChI=1S/C16H12Cl3N5/c1-9-4-10(17)2-3-14(9)22-16-23-15(8-20-24-16)21-13-6-11(18)5-12(19)7-13/h2-8H,1H3,(H2,21,22,23,24). The van der Waals surface area contributed by atoms with E-state index in [1.165, 1.54) is 6.20 Å². The van der Waals surface area contributed by atoms with Gasteiger partial charge in [0, 0.05) is 26.4 Å². The van der Waals surface area contributed by atoms with Gasteiger partial charge in [0.05, 0.1) is 6.20 Å². The number of aryl methyl sites for hydroxylation is 1. The molecular weight excluding hydrogens is 369 g/mol. The lowest BCUT2D eigenvalue weighted by Gasteiger charge is -2.10. The van der Waals surface area contributed by atoms with Crippen LogP contribution in [0.15, 0.2) is 42.6 Å². The van der Waals surface area contributed by atoms with Crippen molar-refractivity contribution < 1.29 is 0 Å². The second kappa shape index (κ2) is 7.21. The van der Waals surface area contributed by atoms with Crippen molar-refractivity contribution in [1.29, 1.82) is 0 Å². The Morgan fingerprint density at radius 3 is 2.33 bits per heavy atom. The number of hydrogen-bond acceptors (Lipinski definition) is 5. The van der Waals surface area contributed by atoms with Crippen LogP contribution in [0.2, 0.25) is 15.1 Å². The SMILES string of the molecule is Cc1cc(Cl)ccc1Nc1nncc(Nc2cc(Cl)cc(Cl)c2)n1. The normalized spacial score (nSPS) is 10.5. The fraction of sp³-hybridized carbons (Fsp3) is 0.0625. The van der Waals surface area contributed by atoms with Crippen LogP contribution >= 0.6 is 34.8 Å². The highest BCUT2D eigenvalue weighted by Crippen LogP contribution is 2.25. The van der Waals surface area contributed by atoms with E-state index in [0.717, 1.165) is 11.3 Å². The molecule has 0 amide bonds. The van der Waals surface area contributed by atoms with Gasteiger partial charge in [-0.05, 0) is 48.9 Å². The zero-order valence-corrected chi connectivity index (χ0v) is 14.8. The summed E-state index contributed by atoms with van der Waals surface area (Å²) in [4.78, 5) is 4.37. The van der Waals surface area contributed by atoms with E-state index in [1.807, 2.05) is 19.1 Å². The lowest BCUT2D eigenvalue weighted by Crippen LogP contribution is -2.03. The van der Waals surface area contributed by atoms with Gasteiger partial charge in [0.2, 0.25) is 5.95 Å². The molecule has 0 spiro atoms. The summed E-state index contributed by atoms with van der Waals surface area (Å²) in [6.45, 7) is 1.94. The molecule has 0 fully saturated rings. The first kappa shape index (κ1) is 16.8. The molecule has 0 aliphatic carbocycles. The Bertz CT molecular complexity index is 865. The van der Waals surface area contributed by atoms with E-state index in [0.29, 0.717) is 32.5 Å². The number of nitrogens with zero attached hydrogens (tertiary/aromatic N) is 3. The van der Waals surface area contributed by atoms with Crippen LogP contribution in [0.3, 0.4) is 0 Å². The van der Waals surface area contributed by atoms with E-state index < -0.39 is 0 Å². The summed E-state index contributed by atoms with van der Waals surface area (Å²) < 4.78 is 0. The minimum Gasteiger partial charge on any atom is -0.339 e. The van der Waals surface area contributed by atoms with Gasteiger partial charge in [0.15, 0.2) is 5.82 Å². The van der Waals surface area contributed by atoms with Crippen molar-refractivity contribution in [3.8, 4) is 0 Å². The van der Waals surface area contributed by atoms with Crippen LogP contribution in [0.1, 0.15) is 5.56 Å². The summed E-state index contributed by atoms with van der Waals surface area (Å²) in [5, 5.41) is 15.9. The molecule has 0 atom stereocenters. The summed E-state index contributed by atoms with van der Waals surface area (Å²) in [5.41, 5.74) is 2.54. The Morgan fingerprint density at radius 2 is 1.62 bits per heavy atom. The molecule has 5 nitrogen and oxygen atoms in total. The number of halogens is 3. The zero-order valence-electron chi connectivity index (χ0n) is 12.5. The van der Waals surface area contributed by atoms with Crippen molar-refractivity contribution >= 4 is 57.9 Å². The van der Waals surface area contributed by atoms with Gasteiger partial charge in [-0.1, -0.05) is 34.8 Å². The van der Waals surface area contributed by atoms with Crippen LogP contribution in [0.4, 0.5) is 23.1 Å². The average molecular weight is 381 g/mol. The number of hydrogen-bond donors (Lipinski definition) is 2. The summed E-state index contributed by atoms with van der Waals surface area (Å²) in [6.07, 6.45) is 1.51. The molecule has 0 bridgehead atoms. The predicted octanol–water partition coefficient (Wildman–Crippen LogP) is 5.63. The smallest absolute Gasteiger partial charge is 0.249 e. The fourth-order valence-corrected chi connectivity index (χ4v) is 2.83. The van der Waals surface area contributed by atoms with Crippen LogP contribution in [-0.2, 0) is 0 Å². The predicted molar refractivity (Wildman–Crippen MR) is 99.0 cm³/mol. The second-order valence-electron chi connectivity index (χ2n) is 5.03. The minimum atomic E-state index is 0.360. The molecule has 1 aromatic heterocycles. The summed E-state index contributed by atoms with van der Waals surface area (Å²) in [7, 11) is 0. The molecule has 2 N–H and O–H groups in total. The maximum atomic E-state index is 5.99. The van der Waals surface area contributed by atoms with Gasteiger partial charge in [0.25, 0.3) is 0 Å². The third-order valence-corrected chi connectivity index (χ3v) is 3.80. The lowest BCUT2D eigenvalue weighted by molar-refractivity contribution is 0.982. The van der Waals surface area contributed by atoms with Gasteiger partial charge < -0.3 is 10.6 Å². The van der Waals surface area contributed by atoms with Gasteiger partial charge in [-0.3, -0.25) is 0 Å². The molecule has 2 aromatic carbocycles. The average Bonchev–Trinajstić information content (AvgIpc) is 2.49. The Morgan fingerprint density at radius 1 is 0.875 bits per heavy atom. The highest BCUT2D eigenvalue weighted by Gasteiger charge is 2.05. The molecule has 3 aromatic rings. The van der Waals surface area contributed by atoms with Gasteiger partial charge in [-0.2, -0.15) is 10.1 Å². The lowest BCUT2D eigenvalue weighted by atomic mass is 10.2. The first-order valence-corrected chi connectivity index (χ1v) is 8.09. The third-order valence-electron chi connectivity index (χ3n) is 3.13. The molecule has 0 saturated carbocycles. The van der Waals surface area contributed by atoms with E-state index in [9.17, 15) is 0 Å². The number of nitrogens with one attached hydrogen (secondary N) is 2.